The number of nitrogens with one attached hydrogen (secondary N) is 1. The van der Waals surface area contributed by atoms with E-state index >= 15 is 0 Å². The number of halogens is 2. The van der Waals surface area contributed by atoms with Crippen molar-refractivity contribution >= 4 is 32.6 Å². The molecule has 0 unspecified atom stereocenters. The second-order valence-electron chi connectivity index (χ2n) is 5.69. The number of likely N-dealkylation sites (tertiary alicyclic amines) is 1. The van der Waals surface area contributed by atoms with Gasteiger partial charge in [-0.15, -0.1) is 0 Å². The van der Waals surface area contributed by atoms with E-state index in [-0.39, 0.29) is 18.9 Å². The number of anilines is 1. The number of rotatable bonds is 3. The van der Waals surface area contributed by atoms with Crippen LogP contribution in [0.15, 0.2) is 24.3 Å². The standard InChI is InChI=1S/C15H17F2N3O2S/c1-9(20-7-6-12(21)15(16,17)8-20)13(22)19-14-18-10-4-2-3-5-11(10)23-14/h2-5,9,12,21H,6-8H2,1H3,(H,18,19,22)/t9-,12+/m0/s1. The molecular weight excluding hydrogens is 324 g/mol. The molecule has 1 aliphatic heterocycles. The summed E-state index contributed by atoms with van der Waals surface area (Å²) in [4.78, 5) is 18.0. The van der Waals surface area contributed by atoms with Crippen LogP contribution >= 0.6 is 11.3 Å². The van der Waals surface area contributed by atoms with Gasteiger partial charge in [-0.05, 0) is 25.5 Å². The van der Waals surface area contributed by atoms with E-state index in [4.69, 9.17) is 0 Å². The number of benzene rings is 1. The summed E-state index contributed by atoms with van der Waals surface area (Å²) in [6.45, 7) is 1.21. The van der Waals surface area contributed by atoms with E-state index in [1.54, 1.807) is 6.92 Å². The van der Waals surface area contributed by atoms with Gasteiger partial charge in [-0.25, -0.2) is 13.8 Å². The average molecular weight is 341 g/mol. The Morgan fingerprint density at radius 2 is 2.26 bits per heavy atom. The van der Waals surface area contributed by atoms with Crippen LogP contribution in [-0.2, 0) is 4.79 Å². The number of alkyl halides is 2. The molecule has 5 nitrogen and oxygen atoms in total. The van der Waals surface area contributed by atoms with Gasteiger partial charge in [0.15, 0.2) is 5.13 Å². The van der Waals surface area contributed by atoms with E-state index in [1.807, 2.05) is 24.3 Å². The maximum atomic E-state index is 13.6. The molecule has 2 aromatic rings. The third kappa shape index (κ3) is 3.34. The molecule has 2 atom stereocenters. The molecule has 124 valence electrons. The van der Waals surface area contributed by atoms with Crippen molar-refractivity contribution in [3.63, 3.8) is 0 Å². The Bertz CT molecular complexity index is 689. The van der Waals surface area contributed by atoms with Gasteiger partial charge in [-0.2, -0.15) is 0 Å². The number of fused-ring (bicyclic) bond motifs is 1. The summed E-state index contributed by atoms with van der Waals surface area (Å²) in [6.07, 6.45) is -1.69. The van der Waals surface area contributed by atoms with Crippen molar-refractivity contribution in [2.75, 3.05) is 18.4 Å². The molecule has 1 aromatic carbocycles. The quantitative estimate of drug-likeness (QED) is 0.899. The first kappa shape index (κ1) is 16.2. The average Bonchev–Trinajstić information content (AvgIpc) is 2.91. The highest BCUT2D eigenvalue weighted by molar-refractivity contribution is 7.22. The fraction of sp³-hybridized carbons (Fsp3) is 0.467. The summed E-state index contributed by atoms with van der Waals surface area (Å²) in [5, 5.41) is 12.4. The molecule has 3 rings (SSSR count). The number of carbonyl (C=O) groups is 1. The first-order chi connectivity index (χ1) is 10.9. The lowest BCUT2D eigenvalue weighted by Crippen LogP contribution is -2.56. The Morgan fingerprint density at radius 1 is 1.52 bits per heavy atom. The van der Waals surface area contributed by atoms with E-state index in [0.29, 0.717) is 5.13 Å². The monoisotopic (exact) mass is 341 g/mol. The maximum Gasteiger partial charge on any atom is 0.285 e. The molecule has 0 radical (unpaired) electrons. The molecule has 23 heavy (non-hydrogen) atoms. The molecule has 1 fully saturated rings. The van der Waals surface area contributed by atoms with Crippen LogP contribution in [0.3, 0.4) is 0 Å². The van der Waals surface area contributed by atoms with Crippen LogP contribution < -0.4 is 5.32 Å². The summed E-state index contributed by atoms with van der Waals surface area (Å²) < 4.78 is 28.2. The van der Waals surface area contributed by atoms with Gasteiger partial charge in [-0.3, -0.25) is 9.69 Å². The van der Waals surface area contributed by atoms with Gasteiger partial charge in [0, 0.05) is 6.54 Å². The van der Waals surface area contributed by atoms with Gasteiger partial charge >= 0.3 is 0 Å². The van der Waals surface area contributed by atoms with Gasteiger partial charge in [-0.1, -0.05) is 23.5 Å². The van der Waals surface area contributed by atoms with Gasteiger partial charge in [0.1, 0.15) is 6.10 Å². The van der Waals surface area contributed by atoms with Gasteiger partial charge in [0.25, 0.3) is 5.92 Å². The van der Waals surface area contributed by atoms with Crippen molar-refractivity contribution in [1.29, 1.82) is 0 Å². The van der Waals surface area contributed by atoms with Crippen molar-refractivity contribution in [2.24, 2.45) is 0 Å². The van der Waals surface area contributed by atoms with Crippen molar-refractivity contribution < 1.29 is 18.7 Å². The molecule has 0 bridgehead atoms. The zero-order chi connectivity index (χ0) is 16.6. The molecule has 1 saturated heterocycles. The minimum absolute atomic E-state index is 0.0498. The van der Waals surface area contributed by atoms with Crippen molar-refractivity contribution in [2.45, 2.75) is 31.4 Å². The molecule has 2 heterocycles. The number of piperidine rings is 1. The van der Waals surface area contributed by atoms with Crippen LogP contribution in [0.1, 0.15) is 13.3 Å². The molecule has 0 aliphatic carbocycles. The predicted octanol–water partition coefficient (Wildman–Crippen LogP) is 2.33. The van der Waals surface area contributed by atoms with E-state index in [0.717, 1.165) is 10.2 Å². The number of amides is 1. The highest BCUT2D eigenvalue weighted by Gasteiger charge is 2.45. The number of carbonyl (C=O) groups excluding carboxylic acids is 1. The number of para-hydroxylation sites is 1. The third-order valence-electron chi connectivity index (χ3n) is 4.04. The van der Waals surface area contributed by atoms with E-state index in [1.165, 1.54) is 16.2 Å². The zero-order valence-electron chi connectivity index (χ0n) is 12.5. The number of hydrogen-bond acceptors (Lipinski definition) is 5. The third-order valence-corrected chi connectivity index (χ3v) is 4.99. The lowest BCUT2D eigenvalue weighted by atomic mass is 10.0. The maximum absolute atomic E-state index is 13.6. The minimum Gasteiger partial charge on any atom is -0.387 e. The zero-order valence-corrected chi connectivity index (χ0v) is 13.3. The Labute approximate surface area is 135 Å². The number of aliphatic hydroxyl groups excluding tert-OH is 1. The Kier molecular flexibility index (Phi) is 4.31. The normalized spacial score (nSPS) is 22.9. The smallest absolute Gasteiger partial charge is 0.285 e. The minimum atomic E-state index is -3.19. The summed E-state index contributed by atoms with van der Waals surface area (Å²) in [7, 11) is 0. The number of nitrogens with zero attached hydrogens (tertiary/aromatic N) is 2. The topological polar surface area (TPSA) is 65.5 Å². The predicted molar refractivity (Wildman–Crippen MR) is 84.9 cm³/mol. The number of hydrogen-bond donors (Lipinski definition) is 2. The number of thiazole rings is 1. The molecule has 0 saturated carbocycles. The van der Waals surface area contributed by atoms with Gasteiger partial charge in [0.2, 0.25) is 5.91 Å². The largest absolute Gasteiger partial charge is 0.387 e. The van der Waals surface area contributed by atoms with Crippen LogP contribution in [-0.4, -0.2) is 52.1 Å². The first-order valence-corrected chi connectivity index (χ1v) is 8.15. The van der Waals surface area contributed by atoms with Gasteiger partial charge < -0.3 is 10.4 Å². The van der Waals surface area contributed by atoms with E-state index in [9.17, 15) is 18.7 Å². The first-order valence-electron chi connectivity index (χ1n) is 7.33. The highest BCUT2D eigenvalue weighted by Crippen LogP contribution is 2.29. The molecule has 8 heteroatoms. The van der Waals surface area contributed by atoms with Gasteiger partial charge in [0.05, 0.1) is 22.8 Å². The number of aromatic nitrogens is 1. The molecule has 1 aromatic heterocycles. The van der Waals surface area contributed by atoms with Crippen molar-refractivity contribution in [3.8, 4) is 0 Å². The Hall–Kier alpha value is -1.64. The second-order valence-corrected chi connectivity index (χ2v) is 6.72. The molecule has 1 aliphatic rings. The van der Waals surface area contributed by atoms with Crippen LogP contribution in [0, 0.1) is 0 Å². The van der Waals surface area contributed by atoms with Crippen LogP contribution in [0.5, 0.6) is 0 Å². The summed E-state index contributed by atoms with van der Waals surface area (Å²) in [5.41, 5.74) is 0.785. The van der Waals surface area contributed by atoms with Crippen LogP contribution in [0.25, 0.3) is 10.2 Å². The van der Waals surface area contributed by atoms with Crippen molar-refractivity contribution in [1.82, 2.24) is 9.88 Å². The Balaban J connectivity index is 1.68. The summed E-state index contributed by atoms with van der Waals surface area (Å²) in [5.74, 6) is -3.57. The summed E-state index contributed by atoms with van der Waals surface area (Å²) in [6, 6.07) is 6.77. The highest BCUT2D eigenvalue weighted by atomic mass is 32.1. The summed E-state index contributed by atoms with van der Waals surface area (Å²) >= 11 is 1.34. The van der Waals surface area contributed by atoms with E-state index < -0.39 is 24.6 Å². The second kappa shape index (κ2) is 6.10. The Morgan fingerprint density at radius 3 is 2.96 bits per heavy atom. The van der Waals surface area contributed by atoms with Crippen LogP contribution in [0.4, 0.5) is 13.9 Å². The lowest BCUT2D eigenvalue weighted by molar-refractivity contribution is -0.158. The number of aliphatic hydroxyl groups is 1. The van der Waals surface area contributed by atoms with Crippen molar-refractivity contribution in [3.05, 3.63) is 24.3 Å². The van der Waals surface area contributed by atoms with Crippen LogP contribution in [0.2, 0.25) is 0 Å². The SMILES string of the molecule is C[C@@H](C(=O)Nc1nc2ccccc2s1)N1CC[C@@H](O)C(F)(F)C1. The molecular formula is C15H17F2N3O2S. The van der Waals surface area contributed by atoms with E-state index in [2.05, 4.69) is 10.3 Å². The fourth-order valence-corrected chi connectivity index (χ4v) is 3.46. The lowest BCUT2D eigenvalue weighted by Gasteiger charge is -2.38. The molecule has 2 N–H and O–H groups in total. The fourth-order valence-electron chi connectivity index (χ4n) is 2.59. The molecule has 1 amide bonds. The molecule has 0 spiro atoms.